The molecule has 0 heterocycles. The molecule has 1 amide bonds. The number of sulfonamides is 2. The number of carbonyl (C=O) groups excluding carboxylic acids is 1. The molecule has 11 heteroatoms. The van der Waals surface area contributed by atoms with Gasteiger partial charge in [0.1, 0.15) is 0 Å². The van der Waals surface area contributed by atoms with Crippen LogP contribution in [-0.4, -0.2) is 29.0 Å². The third-order valence-electron chi connectivity index (χ3n) is 4.40. The van der Waals surface area contributed by atoms with E-state index in [0.29, 0.717) is 22.0 Å². The first-order chi connectivity index (χ1) is 15.0. The Balaban J connectivity index is 1.78. The average molecular weight is 494 g/mol. The molecule has 0 atom stereocenters. The maximum atomic E-state index is 12.7. The number of carbonyl (C=O) groups is 1. The van der Waals surface area contributed by atoms with E-state index in [4.69, 9.17) is 11.6 Å². The molecule has 0 radical (unpaired) electrons. The van der Waals surface area contributed by atoms with Crippen LogP contribution in [0.3, 0.4) is 0 Å². The zero-order chi connectivity index (χ0) is 23.5. The first-order valence-electron chi connectivity index (χ1n) is 9.22. The van der Waals surface area contributed by atoms with Crippen LogP contribution in [0.4, 0.5) is 17.1 Å². The van der Waals surface area contributed by atoms with Crippen molar-refractivity contribution >= 4 is 54.6 Å². The fourth-order valence-corrected chi connectivity index (χ4v) is 4.68. The second-order valence-corrected chi connectivity index (χ2v) is 10.8. The molecule has 0 saturated heterocycles. The number of amides is 1. The highest BCUT2D eigenvalue weighted by Gasteiger charge is 2.17. The Labute approximate surface area is 191 Å². The van der Waals surface area contributed by atoms with Gasteiger partial charge in [-0.2, -0.15) is 0 Å². The standard InChI is InChI=1S/C21H20ClN3O5S2/c1-14-18(22)7-5-9-19(14)25-32(29,30)16-12-10-15(11-13-16)23-21(26)17-6-3-4-8-20(17)24-31(2,27)28/h3-13,24-25H,1-2H3,(H,23,26). The number of para-hydroxylation sites is 1. The Hall–Kier alpha value is -3.08. The van der Waals surface area contributed by atoms with Crippen LogP contribution in [0.1, 0.15) is 15.9 Å². The van der Waals surface area contributed by atoms with Gasteiger partial charge in [0.25, 0.3) is 15.9 Å². The Bertz CT molecular complexity index is 1370. The molecule has 0 bridgehead atoms. The fourth-order valence-electron chi connectivity index (χ4n) is 2.81. The molecule has 0 aliphatic rings. The summed E-state index contributed by atoms with van der Waals surface area (Å²) in [4.78, 5) is 12.6. The Kier molecular flexibility index (Phi) is 6.77. The third-order valence-corrected chi connectivity index (χ3v) is 6.78. The molecule has 0 fully saturated rings. The molecule has 32 heavy (non-hydrogen) atoms. The summed E-state index contributed by atoms with van der Waals surface area (Å²) in [7, 11) is -7.45. The summed E-state index contributed by atoms with van der Waals surface area (Å²) in [5.74, 6) is -0.556. The summed E-state index contributed by atoms with van der Waals surface area (Å²) in [5.41, 5.74) is 1.55. The zero-order valence-corrected chi connectivity index (χ0v) is 19.5. The van der Waals surface area contributed by atoms with Crippen molar-refractivity contribution in [3.8, 4) is 0 Å². The van der Waals surface area contributed by atoms with Crippen molar-refractivity contribution in [2.24, 2.45) is 0 Å². The van der Waals surface area contributed by atoms with Gasteiger partial charge in [0, 0.05) is 10.7 Å². The third kappa shape index (κ3) is 5.78. The highest BCUT2D eigenvalue weighted by atomic mass is 35.5. The molecule has 8 nitrogen and oxygen atoms in total. The number of hydrogen-bond donors (Lipinski definition) is 3. The fraction of sp³-hybridized carbons (Fsp3) is 0.0952. The zero-order valence-electron chi connectivity index (χ0n) is 17.1. The van der Waals surface area contributed by atoms with E-state index in [0.717, 1.165) is 6.26 Å². The van der Waals surface area contributed by atoms with Gasteiger partial charge in [0.15, 0.2) is 0 Å². The van der Waals surface area contributed by atoms with Gasteiger partial charge in [-0.1, -0.05) is 29.8 Å². The summed E-state index contributed by atoms with van der Waals surface area (Å²) >= 11 is 6.04. The number of halogens is 1. The Morgan fingerprint density at radius 1 is 0.812 bits per heavy atom. The van der Waals surface area contributed by atoms with Crippen LogP contribution in [0.2, 0.25) is 5.02 Å². The lowest BCUT2D eigenvalue weighted by Crippen LogP contribution is -2.17. The van der Waals surface area contributed by atoms with E-state index in [1.807, 2.05) is 0 Å². The van der Waals surface area contributed by atoms with Gasteiger partial charge in [0.2, 0.25) is 10.0 Å². The van der Waals surface area contributed by atoms with E-state index in [9.17, 15) is 21.6 Å². The van der Waals surface area contributed by atoms with Crippen molar-refractivity contribution < 1.29 is 21.6 Å². The van der Waals surface area contributed by atoms with Crippen molar-refractivity contribution in [3.05, 3.63) is 82.9 Å². The maximum Gasteiger partial charge on any atom is 0.261 e. The Morgan fingerprint density at radius 3 is 2.09 bits per heavy atom. The molecule has 3 N–H and O–H groups in total. The van der Waals surface area contributed by atoms with Gasteiger partial charge in [0.05, 0.1) is 28.1 Å². The molecule has 0 spiro atoms. The van der Waals surface area contributed by atoms with Crippen LogP contribution < -0.4 is 14.8 Å². The van der Waals surface area contributed by atoms with E-state index < -0.39 is 26.0 Å². The molecule has 0 aromatic heterocycles. The summed E-state index contributed by atoms with van der Waals surface area (Å²) in [6.07, 6.45) is 0.986. The predicted octanol–water partition coefficient (Wildman–Crippen LogP) is 4.07. The van der Waals surface area contributed by atoms with Crippen LogP contribution >= 0.6 is 11.6 Å². The maximum absolute atomic E-state index is 12.7. The van der Waals surface area contributed by atoms with Crippen molar-refractivity contribution in [2.45, 2.75) is 11.8 Å². The minimum absolute atomic E-state index is 0.00554. The average Bonchev–Trinajstić information content (AvgIpc) is 2.71. The lowest BCUT2D eigenvalue weighted by Gasteiger charge is -2.13. The highest BCUT2D eigenvalue weighted by Crippen LogP contribution is 2.26. The van der Waals surface area contributed by atoms with Gasteiger partial charge in [-0.05, 0) is 61.0 Å². The summed E-state index contributed by atoms with van der Waals surface area (Å²) in [5, 5.41) is 3.06. The number of hydrogen-bond acceptors (Lipinski definition) is 5. The van der Waals surface area contributed by atoms with Gasteiger partial charge >= 0.3 is 0 Å². The number of nitrogens with one attached hydrogen (secondary N) is 3. The molecular weight excluding hydrogens is 474 g/mol. The van der Waals surface area contributed by atoms with Crippen LogP contribution in [0, 0.1) is 6.92 Å². The van der Waals surface area contributed by atoms with Crippen LogP contribution in [0.5, 0.6) is 0 Å². The minimum atomic E-state index is -3.88. The lowest BCUT2D eigenvalue weighted by molar-refractivity contribution is 0.102. The molecule has 168 valence electrons. The summed E-state index contributed by atoms with van der Waals surface area (Å²) in [6.45, 7) is 1.70. The van der Waals surface area contributed by atoms with Crippen LogP contribution in [-0.2, 0) is 20.0 Å². The van der Waals surface area contributed by atoms with Gasteiger partial charge in [-0.3, -0.25) is 14.2 Å². The number of rotatable bonds is 7. The monoisotopic (exact) mass is 493 g/mol. The second kappa shape index (κ2) is 9.19. The normalized spacial score (nSPS) is 11.6. The number of benzene rings is 3. The van der Waals surface area contributed by atoms with Crippen LogP contribution in [0.15, 0.2) is 71.6 Å². The molecule has 3 aromatic carbocycles. The SMILES string of the molecule is Cc1c(Cl)cccc1NS(=O)(=O)c1ccc(NC(=O)c2ccccc2NS(C)(=O)=O)cc1. The lowest BCUT2D eigenvalue weighted by atomic mass is 10.1. The molecular formula is C21H20ClN3O5S2. The highest BCUT2D eigenvalue weighted by molar-refractivity contribution is 7.92. The van der Waals surface area contributed by atoms with Crippen molar-refractivity contribution in [3.63, 3.8) is 0 Å². The topological polar surface area (TPSA) is 121 Å². The smallest absolute Gasteiger partial charge is 0.261 e. The van der Waals surface area contributed by atoms with Gasteiger partial charge in [-0.25, -0.2) is 16.8 Å². The number of anilines is 3. The first-order valence-corrected chi connectivity index (χ1v) is 13.0. The quantitative estimate of drug-likeness (QED) is 0.458. The van der Waals surface area contributed by atoms with E-state index in [1.165, 1.54) is 36.4 Å². The van der Waals surface area contributed by atoms with Crippen molar-refractivity contribution in [1.29, 1.82) is 0 Å². The van der Waals surface area contributed by atoms with Crippen molar-refractivity contribution in [1.82, 2.24) is 0 Å². The molecule has 0 saturated carbocycles. The largest absolute Gasteiger partial charge is 0.322 e. The van der Waals surface area contributed by atoms with Gasteiger partial charge < -0.3 is 5.32 Å². The second-order valence-electron chi connectivity index (χ2n) is 6.92. The van der Waals surface area contributed by atoms with Crippen LogP contribution in [0.25, 0.3) is 0 Å². The molecule has 0 aliphatic carbocycles. The molecule has 0 aliphatic heterocycles. The first kappa shape index (κ1) is 23.6. The Morgan fingerprint density at radius 2 is 1.44 bits per heavy atom. The molecule has 3 rings (SSSR count). The van der Waals surface area contributed by atoms with E-state index in [1.54, 1.807) is 37.3 Å². The predicted molar refractivity (Wildman–Crippen MR) is 126 cm³/mol. The van der Waals surface area contributed by atoms with E-state index in [-0.39, 0.29) is 16.1 Å². The minimum Gasteiger partial charge on any atom is -0.322 e. The van der Waals surface area contributed by atoms with Crippen molar-refractivity contribution in [2.75, 3.05) is 21.0 Å². The summed E-state index contributed by atoms with van der Waals surface area (Å²) in [6, 6.07) is 16.6. The molecule has 3 aromatic rings. The summed E-state index contributed by atoms with van der Waals surface area (Å²) < 4.78 is 53.2. The van der Waals surface area contributed by atoms with Gasteiger partial charge in [-0.15, -0.1) is 0 Å². The van der Waals surface area contributed by atoms with E-state index in [2.05, 4.69) is 14.8 Å². The van der Waals surface area contributed by atoms with E-state index >= 15 is 0 Å². The molecule has 0 unspecified atom stereocenters.